The smallest absolute Gasteiger partial charge is 0.144 e. The summed E-state index contributed by atoms with van der Waals surface area (Å²) in [6, 6.07) is 2.85. The highest BCUT2D eigenvalue weighted by Gasteiger charge is 2.12. The molecule has 90 valence electrons. The summed E-state index contributed by atoms with van der Waals surface area (Å²) in [5.41, 5.74) is 0.0794. The third kappa shape index (κ3) is 3.79. The van der Waals surface area contributed by atoms with E-state index in [4.69, 9.17) is 0 Å². The molecule has 0 radical (unpaired) electrons. The molecule has 0 amide bonds. The molecule has 1 aromatic rings. The maximum Gasteiger partial charge on any atom is 0.144 e. The zero-order valence-corrected chi connectivity index (χ0v) is 12.0. The predicted molar refractivity (Wildman–Crippen MR) is 68.8 cm³/mol. The molecule has 0 bridgehead atoms. The van der Waals surface area contributed by atoms with E-state index in [1.165, 1.54) is 12.1 Å². The molecule has 1 unspecified atom stereocenters. The lowest BCUT2D eigenvalue weighted by Crippen LogP contribution is -2.26. The first-order chi connectivity index (χ1) is 7.56. The normalized spacial score (nSPS) is 12.8. The van der Waals surface area contributed by atoms with Crippen LogP contribution in [0.1, 0.15) is 18.9 Å². The third-order valence-electron chi connectivity index (χ3n) is 2.31. The van der Waals surface area contributed by atoms with Crippen LogP contribution >= 0.6 is 31.9 Å². The summed E-state index contributed by atoms with van der Waals surface area (Å²) in [6.07, 6.45) is 0.914. The topological polar surface area (TPSA) is 12.0 Å². The summed E-state index contributed by atoms with van der Waals surface area (Å²) < 4.78 is 27.2. The van der Waals surface area contributed by atoms with Gasteiger partial charge in [0.15, 0.2) is 0 Å². The van der Waals surface area contributed by atoms with Crippen LogP contribution in [0.2, 0.25) is 0 Å². The average molecular weight is 357 g/mol. The van der Waals surface area contributed by atoms with Crippen LogP contribution in [0.3, 0.4) is 0 Å². The van der Waals surface area contributed by atoms with Crippen LogP contribution in [-0.4, -0.2) is 11.4 Å². The van der Waals surface area contributed by atoms with Crippen molar-refractivity contribution < 1.29 is 8.78 Å². The molecule has 1 aromatic carbocycles. The molecule has 1 rings (SSSR count). The van der Waals surface area contributed by atoms with Crippen molar-refractivity contribution in [2.75, 3.05) is 5.33 Å². The van der Waals surface area contributed by atoms with Crippen LogP contribution in [0.4, 0.5) is 8.78 Å². The van der Waals surface area contributed by atoms with Gasteiger partial charge in [0.1, 0.15) is 11.6 Å². The van der Waals surface area contributed by atoms with Gasteiger partial charge in [0.2, 0.25) is 0 Å². The van der Waals surface area contributed by atoms with Gasteiger partial charge >= 0.3 is 0 Å². The predicted octanol–water partition coefficient (Wildman–Crippen LogP) is 3.99. The quantitative estimate of drug-likeness (QED) is 0.621. The van der Waals surface area contributed by atoms with Gasteiger partial charge in [0.05, 0.1) is 4.47 Å². The molecule has 0 aliphatic heterocycles. The van der Waals surface area contributed by atoms with Crippen LogP contribution in [0.15, 0.2) is 16.6 Å². The first-order valence-electron chi connectivity index (χ1n) is 4.98. The van der Waals surface area contributed by atoms with Crippen molar-refractivity contribution in [3.63, 3.8) is 0 Å². The van der Waals surface area contributed by atoms with Crippen LogP contribution in [0.5, 0.6) is 0 Å². The minimum Gasteiger partial charge on any atom is -0.310 e. The van der Waals surface area contributed by atoms with E-state index < -0.39 is 11.6 Å². The Kier molecular flexibility index (Phi) is 5.86. The molecule has 0 saturated carbocycles. The fourth-order valence-corrected chi connectivity index (χ4v) is 2.33. The highest BCUT2D eigenvalue weighted by atomic mass is 79.9. The Hall–Kier alpha value is -0.0000000000000000555. The molecule has 1 nitrogen and oxygen atoms in total. The lowest BCUT2D eigenvalue weighted by molar-refractivity contribution is 0.493. The van der Waals surface area contributed by atoms with Crippen molar-refractivity contribution in [2.45, 2.75) is 25.9 Å². The Morgan fingerprint density at radius 3 is 2.69 bits per heavy atom. The van der Waals surface area contributed by atoms with Crippen molar-refractivity contribution in [1.29, 1.82) is 0 Å². The van der Waals surface area contributed by atoms with Gasteiger partial charge in [-0.2, -0.15) is 0 Å². The van der Waals surface area contributed by atoms with Crippen molar-refractivity contribution in [2.24, 2.45) is 0 Å². The maximum atomic E-state index is 13.6. The molecule has 5 heteroatoms. The standard InChI is InChI=1S/C11H13Br2F2N/c1-7(4-5-12)16-6-8-10(14)3-2-9(13)11(8)15/h2-3,7,16H,4-6H2,1H3. The van der Waals surface area contributed by atoms with Gasteiger partial charge < -0.3 is 5.32 Å². The van der Waals surface area contributed by atoms with Gasteiger partial charge in [-0.3, -0.25) is 0 Å². The Morgan fingerprint density at radius 1 is 1.38 bits per heavy atom. The second kappa shape index (κ2) is 6.67. The fraction of sp³-hybridized carbons (Fsp3) is 0.455. The third-order valence-corrected chi connectivity index (χ3v) is 3.38. The number of hydrogen-bond donors (Lipinski definition) is 1. The summed E-state index contributed by atoms with van der Waals surface area (Å²) in [5.74, 6) is -1.04. The number of benzene rings is 1. The largest absolute Gasteiger partial charge is 0.310 e. The Morgan fingerprint density at radius 2 is 2.06 bits per heavy atom. The highest BCUT2D eigenvalue weighted by Crippen LogP contribution is 2.21. The maximum absolute atomic E-state index is 13.6. The lowest BCUT2D eigenvalue weighted by atomic mass is 10.1. The van der Waals surface area contributed by atoms with E-state index in [0.29, 0.717) is 4.47 Å². The molecule has 0 saturated heterocycles. The van der Waals surface area contributed by atoms with Crippen molar-refractivity contribution in [1.82, 2.24) is 5.32 Å². The number of rotatable bonds is 5. The van der Waals surface area contributed by atoms with Gasteiger partial charge in [-0.25, -0.2) is 8.78 Å². The monoisotopic (exact) mass is 355 g/mol. The number of alkyl halides is 1. The van der Waals surface area contributed by atoms with E-state index in [-0.39, 0.29) is 18.2 Å². The summed E-state index contributed by atoms with van der Waals surface area (Å²) in [7, 11) is 0. The number of nitrogens with one attached hydrogen (secondary N) is 1. The van der Waals surface area contributed by atoms with Crippen LogP contribution in [-0.2, 0) is 6.54 Å². The van der Waals surface area contributed by atoms with Gasteiger partial charge in [0, 0.05) is 23.5 Å². The van der Waals surface area contributed by atoms with Crippen LogP contribution in [0, 0.1) is 11.6 Å². The van der Waals surface area contributed by atoms with Crippen molar-refractivity contribution in [3.8, 4) is 0 Å². The Bertz CT molecular complexity index is 358. The first kappa shape index (κ1) is 14.1. The minimum atomic E-state index is -0.529. The van der Waals surface area contributed by atoms with E-state index in [9.17, 15) is 8.78 Å². The zero-order chi connectivity index (χ0) is 12.1. The Balaban J connectivity index is 2.70. The van der Waals surface area contributed by atoms with Crippen molar-refractivity contribution >= 4 is 31.9 Å². The van der Waals surface area contributed by atoms with Gasteiger partial charge in [-0.05, 0) is 41.4 Å². The minimum absolute atomic E-state index is 0.0794. The fourth-order valence-electron chi connectivity index (χ4n) is 1.27. The van der Waals surface area contributed by atoms with Crippen LogP contribution in [0.25, 0.3) is 0 Å². The van der Waals surface area contributed by atoms with E-state index in [2.05, 4.69) is 37.2 Å². The average Bonchev–Trinajstić information content (AvgIpc) is 2.24. The van der Waals surface area contributed by atoms with E-state index in [1.807, 2.05) is 6.92 Å². The van der Waals surface area contributed by atoms with Gasteiger partial charge in [0.25, 0.3) is 0 Å². The summed E-state index contributed by atoms with van der Waals surface area (Å²) >= 11 is 6.36. The molecule has 0 aliphatic carbocycles. The molecular weight excluding hydrogens is 344 g/mol. The lowest BCUT2D eigenvalue weighted by Gasteiger charge is -2.13. The molecule has 1 atom stereocenters. The summed E-state index contributed by atoms with van der Waals surface area (Å²) in [5, 5.41) is 3.94. The second-order valence-electron chi connectivity index (χ2n) is 3.58. The Labute approximate surface area is 111 Å². The van der Waals surface area contributed by atoms with Crippen molar-refractivity contribution in [3.05, 3.63) is 33.8 Å². The molecule has 0 fully saturated rings. The highest BCUT2D eigenvalue weighted by molar-refractivity contribution is 9.10. The molecule has 16 heavy (non-hydrogen) atoms. The second-order valence-corrected chi connectivity index (χ2v) is 5.23. The molecule has 0 heterocycles. The molecule has 0 spiro atoms. The SMILES string of the molecule is CC(CCBr)NCc1c(F)ccc(Br)c1F. The van der Waals surface area contributed by atoms with Gasteiger partial charge in [-0.1, -0.05) is 15.9 Å². The van der Waals surface area contributed by atoms with E-state index in [0.717, 1.165) is 11.8 Å². The van der Waals surface area contributed by atoms with Crippen LogP contribution < -0.4 is 5.32 Å². The number of halogens is 4. The molecule has 1 N–H and O–H groups in total. The number of hydrogen-bond acceptors (Lipinski definition) is 1. The van der Waals surface area contributed by atoms with E-state index >= 15 is 0 Å². The summed E-state index contributed by atoms with van der Waals surface area (Å²) in [6.45, 7) is 2.18. The molecular formula is C11H13Br2F2N. The molecule has 0 aromatic heterocycles. The summed E-state index contributed by atoms with van der Waals surface area (Å²) in [4.78, 5) is 0. The molecule has 0 aliphatic rings. The zero-order valence-electron chi connectivity index (χ0n) is 8.87. The van der Waals surface area contributed by atoms with Gasteiger partial charge in [-0.15, -0.1) is 0 Å². The van der Waals surface area contributed by atoms with E-state index in [1.54, 1.807) is 0 Å². The first-order valence-corrected chi connectivity index (χ1v) is 6.89.